The Labute approximate surface area is 159 Å². The molecule has 5 heteroatoms. The molecule has 0 unspecified atom stereocenters. The molecule has 1 heterocycles. The van der Waals surface area contributed by atoms with E-state index in [4.69, 9.17) is 4.74 Å². The minimum Gasteiger partial charge on any atom is -0.445 e. The van der Waals surface area contributed by atoms with Crippen molar-refractivity contribution in [2.24, 2.45) is 0 Å². The van der Waals surface area contributed by atoms with Gasteiger partial charge in [0.05, 0.1) is 0 Å². The zero-order valence-corrected chi connectivity index (χ0v) is 15.3. The third-order valence-corrected chi connectivity index (χ3v) is 4.67. The minimum atomic E-state index is -0.323. The van der Waals surface area contributed by atoms with Gasteiger partial charge in [0.15, 0.2) is 0 Å². The van der Waals surface area contributed by atoms with Crippen LogP contribution in [0.2, 0.25) is 0 Å². The summed E-state index contributed by atoms with van der Waals surface area (Å²) >= 11 is 0. The SMILES string of the molecule is C=CCOC(=O)N1CCC(NC(=O)c2ccc(-c3ccccc3)cc2)CC1. The highest BCUT2D eigenvalue weighted by Gasteiger charge is 2.24. The van der Waals surface area contributed by atoms with Crippen molar-refractivity contribution in [1.82, 2.24) is 10.2 Å². The highest BCUT2D eigenvalue weighted by molar-refractivity contribution is 5.94. The van der Waals surface area contributed by atoms with Gasteiger partial charge < -0.3 is 15.0 Å². The van der Waals surface area contributed by atoms with Gasteiger partial charge in [-0.25, -0.2) is 4.79 Å². The minimum absolute atomic E-state index is 0.0646. The first-order chi connectivity index (χ1) is 13.2. The highest BCUT2D eigenvalue weighted by atomic mass is 16.6. The van der Waals surface area contributed by atoms with E-state index < -0.39 is 0 Å². The molecule has 1 fully saturated rings. The van der Waals surface area contributed by atoms with E-state index in [9.17, 15) is 9.59 Å². The number of piperidine rings is 1. The summed E-state index contributed by atoms with van der Waals surface area (Å²) in [5, 5.41) is 3.06. The van der Waals surface area contributed by atoms with Crippen LogP contribution >= 0.6 is 0 Å². The van der Waals surface area contributed by atoms with Crippen LogP contribution in [0.1, 0.15) is 23.2 Å². The first-order valence-corrected chi connectivity index (χ1v) is 9.16. The van der Waals surface area contributed by atoms with Crippen molar-refractivity contribution >= 4 is 12.0 Å². The van der Waals surface area contributed by atoms with Crippen LogP contribution in [0.15, 0.2) is 67.3 Å². The molecule has 1 N–H and O–H groups in total. The summed E-state index contributed by atoms with van der Waals surface area (Å²) in [6.07, 6.45) is 2.67. The van der Waals surface area contributed by atoms with Crippen molar-refractivity contribution in [3.05, 3.63) is 72.8 Å². The lowest BCUT2D eigenvalue weighted by molar-refractivity contribution is 0.0874. The van der Waals surface area contributed by atoms with Gasteiger partial charge in [-0.15, -0.1) is 0 Å². The number of nitrogens with one attached hydrogen (secondary N) is 1. The van der Waals surface area contributed by atoms with E-state index in [2.05, 4.69) is 11.9 Å². The van der Waals surface area contributed by atoms with E-state index in [0.29, 0.717) is 18.7 Å². The standard InChI is InChI=1S/C22H24N2O3/c1-2-16-27-22(26)24-14-12-20(13-15-24)23-21(25)19-10-8-18(9-11-19)17-6-4-3-5-7-17/h2-11,20H,1,12-16H2,(H,23,25). The zero-order valence-electron chi connectivity index (χ0n) is 15.3. The van der Waals surface area contributed by atoms with Crippen molar-refractivity contribution in [1.29, 1.82) is 0 Å². The van der Waals surface area contributed by atoms with Crippen LogP contribution in [-0.4, -0.2) is 42.6 Å². The zero-order chi connectivity index (χ0) is 19.1. The van der Waals surface area contributed by atoms with Crippen molar-refractivity contribution in [3.63, 3.8) is 0 Å². The summed E-state index contributed by atoms with van der Waals surface area (Å²) in [6.45, 7) is 4.90. The van der Waals surface area contributed by atoms with Gasteiger partial charge in [-0.3, -0.25) is 4.79 Å². The lowest BCUT2D eigenvalue weighted by atomic mass is 10.0. The van der Waals surface area contributed by atoms with Gasteiger partial charge in [0.25, 0.3) is 5.91 Å². The van der Waals surface area contributed by atoms with E-state index in [0.717, 1.165) is 24.0 Å². The molecule has 1 aliphatic rings. The van der Waals surface area contributed by atoms with Gasteiger partial charge in [0, 0.05) is 24.7 Å². The fraction of sp³-hybridized carbons (Fsp3) is 0.273. The van der Waals surface area contributed by atoms with Crippen LogP contribution < -0.4 is 5.32 Å². The molecule has 5 nitrogen and oxygen atoms in total. The number of hydrogen-bond donors (Lipinski definition) is 1. The summed E-state index contributed by atoms with van der Waals surface area (Å²) in [4.78, 5) is 26.0. The smallest absolute Gasteiger partial charge is 0.410 e. The van der Waals surface area contributed by atoms with Crippen molar-refractivity contribution in [2.45, 2.75) is 18.9 Å². The molecule has 3 rings (SSSR count). The number of carbonyl (C=O) groups excluding carboxylic acids is 2. The normalized spacial score (nSPS) is 14.4. The number of carbonyl (C=O) groups is 2. The highest BCUT2D eigenvalue weighted by Crippen LogP contribution is 2.19. The van der Waals surface area contributed by atoms with E-state index >= 15 is 0 Å². The second-order valence-electron chi connectivity index (χ2n) is 6.54. The van der Waals surface area contributed by atoms with Crippen LogP contribution in [0, 0.1) is 0 Å². The van der Waals surface area contributed by atoms with Crippen molar-refractivity contribution < 1.29 is 14.3 Å². The molecule has 140 valence electrons. The average Bonchev–Trinajstić information content (AvgIpc) is 2.73. The Kier molecular flexibility index (Phi) is 6.26. The molecule has 0 atom stereocenters. The maximum Gasteiger partial charge on any atom is 0.410 e. The maximum absolute atomic E-state index is 12.5. The molecule has 0 radical (unpaired) electrons. The molecule has 0 aliphatic carbocycles. The van der Waals surface area contributed by atoms with Crippen LogP contribution in [-0.2, 0) is 4.74 Å². The van der Waals surface area contributed by atoms with Gasteiger partial charge in [-0.05, 0) is 36.1 Å². The van der Waals surface area contributed by atoms with Gasteiger partial charge in [-0.2, -0.15) is 0 Å². The molecule has 0 bridgehead atoms. The molecule has 0 aromatic heterocycles. The Morgan fingerprint density at radius 2 is 1.67 bits per heavy atom. The number of rotatable bonds is 5. The summed E-state index contributed by atoms with van der Waals surface area (Å²) < 4.78 is 5.05. The molecule has 1 saturated heterocycles. The van der Waals surface area contributed by atoms with Crippen LogP contribution in [0.3, 0.4) is 0 Å². The molecule has 1 aliphatic heterocycles. The van der Waals surface area contributed by atoms with Crippen LogP contribution in [0.5, 0.6) is 0 Å². The van der Waals surface area contributed by atoms with Crippen molar-refractivity contribution in [3.8, 4) is 11.1 Å². The predicted molar refractivity (Wildman–Crippen MR) is 105 cm³/mol. The lowest BCUT2D eigenvalue weighted by Gasteiger charge is -2.31. The van der Waals surface area contributed by atoms with Gasteiger partial charge in [0.2, 0.25) is 0 Å². The molecular weight excluding hydrogens is 340 g/mol. The number of ether oxygens (including phenoxy) is 1. The number of benzene rings is 2. The number of hydrogen-bond acceptors (Lipinski definition) is 3. The molecule has 2 amide bonds. The van der Waals surface area contributed by atoms with Crippen molar-refractivity contribution in [2.75, 3.05) is 19.7 Å². The maximum atomic E-state index is 12.5. The number of amides is 2. The largest absolute Gasteiger partial charge is 0.445 e. The molecule has 0 spiro atoms. The Morgan fingerprint density at radius 3 is 2.30 bits per heavy atom. The molecule has 2 aromatic rings. The first kappa shape index (κ1) is 18.7. The number of nitrogens with zero attached hydrogens (tertiary/aromatic N) is 1. The Morgan fingerprint density at radius 1 is 1.04 bits per heavy atom. The van der Waals surface area contributed by atoms with E-state index in [1.165, 1.54) is 0 Å². The second-order valence-corrected chi connectivity index (χ2v) is 6.54. The number of likely N-dealkylation sites (tertiary alicyclic amines) is 1. The summed E-state index contributed by atoms with van der Waals surface area (Å²) in [6, 6.07) is 17.7. The Hall–Kier alpha value is -3.08. The molecule has 0 saturated carbocycles. The third-order valence-electron chi connectivity index (χ3n) is 4.67. The second kappa shape index (κ2) is 9.03. The first-order valence-electron chi connectivity index (χ1n) is 9.16. The van der Waals surface area contributed by atoms with Gasteiger partial charge in [-0.1, -0.05) is 55.1 Å². The monoisotopic (exact) mass is 364 g/mol. The quantitative estimate of drug-likeness (QED) is 0.820. The average molecular weight is 364 g/mol. The lowest BCUT2D eigenvalue weighted by Crippen LogP contribution is -2.46. The Balaban J connectivity index is 1.51. The third kappa shape index (κ3) is 4.97. The predicted octanol–water partition coefficient (Wildman–Crippen LogP) is 3.87. The van der Waals surface area contributed by atoms with E-state index in [1.807, 2.05) is 54.6 Å². The summed E-state index contributed by atoms with van der Waals surface area (Å²) in [7, 11) is 0. The van der Waals surface area contributed by atoms with E-state index in [1.54, 1.807) is 11.0 Å². The fourth-order valence-electron chi connectivity index (χ4n) is 3.14. The van der Waals surface area contributed by atoms with E-state index in [-0.39, 0.29) is 24.6 Å². The van der Waals surface area contributed by atoms with Crippen LogP contribution in [0.25, 0.3) is 11.1 Å². The van der Waals surface area contributed by atoms with Crippen LogP contribution in [0.4, 0.5) is 4.79 Å². The summed E-state index contributed by atoms with van der Waals surface area (Å²) in [5.41, 5.74) is 2.85. The summed E-state index contributed by atoms with van der Waals surface area (Å²) in [5.74, 6) is -0.0812. The Bertz CT molecular complexity index is 779. The molecule has 2 aromatic carbocycles. The molecular formula is C22H24N2O3. The van der Waals surface area contributed by atoms with Gasteiger partial charge >= 0.3 is 6.09 Å². The molecule has 27 heavy (non-hydrogen) atoms. The topological polar surface area (TPSA) is 58.6 Å². The van der Waals surface area contributed by atoms with Gasteiger partial charge in [0.1, 0.15) is 6.61 Å². The fourth-order valence-corrected chi connectivity index (χ4v) is 3.14.